The zero-order chi connectivity index (χ0) is 17.2. The minimum atomic E-state index is -3.73. The van der Waals surface area contributed by atoms with Gasteiger partial charge in [-0.1, -0.05) is 6.07 Å². The molecular weight excluding hydrogens is 344 g/mol. The molecule has 1 N–H and O–H groups in total. The lowest BCUT2D eigenvalue weighted by atomic mass is 10.1. The lowest BCUT2D eigenvalue weighted by Crippen LogP contribution is -2.12. The van der Waals surface area contributed by atoms with Crippen molar-refractivity contribution in [1.29, 1.82) is 5.26 Å². The van der Waals surface area contributed by atoms with Gasteiger partial charge in [-0.2, -0.15) is 13.7 Å². The molecule has 3 aromatic heterocycles. The average Bonchev–Trinajstić information content (AvgIpc) is 3.25. The number of pyridine rings is 1. The van der Waals surface area contributed by atoms with Crippen molar-refractivity contribution in [3.63, 3.8) is 0 Å². The number of aromatic nitrogens is 2. The first-order valence-electron chi connectivity index (χ1n) is 7.08. The molecule has 0 spiro atoms. The predicted octanol–water partition coefficient (Wildman–Crippen LogP) is 2.44. The third-order valence-corrected chi connectivity index (χ3v) is 6.47. The maximum absolute atomic E-state index is 13.0. The molecule has 0 bridgehead atoms. The summed E-state index contributed by atoms with van der Waals surface area (Å²) in [6.07, 6.45) is 3.09. The van der Waals surface area contributed by atoms with Crippen molar-refractivity contribution < 1.29 is 8.42 Å². The van der Waals surface area contributed by atoms with E-state index in [1.165, 1.54) is 10.2 Å². The number of nitriles is 1. The van der Waals surface area contributed by atoms with E-state index in [0.29, 0.717) is 17.8 Å². The van der Waals surface area contributed by atoms with Crippen LogP contribution in [0.2, 0.25) is 0 Å². The fourth-order valence-corrected chi connectivity index (χ4v) is 4.87. The molecule has 0 saturated carbocycles. The first-order chi connectivity index (χ1) is 11.6. The second kappa shape index (κ2) is 6.57. The van der Waals surface area contributed by atoms with Crippen LogP contribution in [0.4, 0.5) is 0 Å². The Kier molecular flexibility index (Phi) is 4.49. The van der Waals surface area contributed by atoms with Gasteiger partial charge in [0, 0.05) is 24.5 Å². The number of thiophene rings is 1. The molecule has 0 amide bonds. The van der Waals surface area contributed by atoms with Crippen molar-refractivity contribution in [1.82, 2.24) is 14.3 Å². The highest BCUT2D eigenvalue weighted by molar-refractivity contribution is 7.92. The van der Waals surface area contributed by atoms with Crippen LogP contribution < -0.4 is 5.32 Å². The summed E-state index contributed by atoms with van der Waals surface area (Å²) in [5.41, 5.74) is 1.91. The predicted molar refractivity (Wildman–Crippen MR) is 92.0 cm³/mol. The maximum atomic E-state index is 13.0. The van der Waals surface area contributed by atoms with Gasteiger partial charge < -0.3 is 5.32 Å². The van der Waals surface area contributed by atoms with Crippen molar-refractivity contribution in [2.75, 3.05) is 7.05 Å². The van der Waals surface area contributed by atoms with Crippen molar-refractivity contribution in [3.05, 3.63) is 59.4 Å². The molecule has 0 aromatic carbocycles. The van der Waals surface area contributed by atoms with E-state index in [9.17, 15) is 13.7 Å². The maximum Gasteiger partial charge on any atom is 0.277 e. The first kappa shape index (κ1) is 16.4. The fraction of sp³-hybridized carbons (Fsp3) is 0.125. The normalized spacial score (nSPS) is 11.3. The molecule has 8 heteroatoms. The molecule has 3 heterocycles. The second-order valence-corrected chi connectivity index (χ2v) is 8.00. The molecule has 3 aromatic rings. The largest absolute Gasteiger partial charge is 0.316 e. The van der Waals surface area contributed by atoms with Gasteiger partial charge in [-0.25, -0.2) is 8.96 Å². The van der Waals surface area contributed by atoms with E-state index in [-0.39, 0.29) is 9.90 Å². The Morgan fingerprint density at radius 3 is 2.88 bits per heavy atom. The van der Waals surface area contributed by atoms with Crippen LogP contribution >= 0.6 is 11.3 Å². The van der Waals surface area contributed by atoms with E-state index < -0.39 is 10.0 Å². The summed E-state index contributed by atoms with van der Waals surface area (Å²) in [7, 11) is -1.94. The van der Waals surface area contributed by atoms with Crippen LogP contribution in [0.15, 0.2) is 52.3 Å². The third-order valence-electron chi connectivity index (χ3n) is 3.42. The van der Waals surface area contributed by atoms with Gasteiger partial charge in [-0.15, -0.1) is 11.3 Å². The molecule has 0 saturated heterocycles. The minimum absolute atomic E-state index is 0.189. The molecule has 0 aliphatic heterocycles. The SMILES string of the molecule is CNCc1cc(-c2cccnc2C#N)n(S(=O)(=O)c2cccs2)c1. The Morgan fingerprint density at radius 2 is 2.21 bits per heavy atom. The zero-order valence-corrected chi connectivity index (χ0v) is 14.4. The third kappa shape index (κ3) is 2.85. The minimum Gasteiger partial charge on any atom is -0.316 e. The van der Waals surface area contributed by atoms with Gasteiger partial charge in [0.1, 0.15) is 16.0 Å². The molecule has 122 valence electrons. The lowest BCUT2D eigenvalue weighted by molar-refractivity contribution is 0.590. The van der Waals surface area contributed by atoms with Crippen molar-refractivity contribution in [2.45, 2.75) is 10.8 Å². The van der Waals surface area contributed by atoms with Crippen LogP contribution in [0.3, 0.4) is 0 Å². The van der Waals surface area contributed by atoms with Gasteiger partial charge in [0.15, 0.2) is 0 Å². The Bertz CT molecular complexity index is 999. The number of hydrogen-bond acceptors (Lipinski definition) is 6. The lowest BCUT2D eigenvalue weighted by Gasteiger charge is -2.09. The van der Waals surface area contributed by atoms with Gasteiger partial charge in [0.2, 0.25) is 0 Å². The molecule has 0 aliphatic rings. The average molecular weight is 358 g/mol. The number of hydrogen-bond donors (Lipinski definition) is 1. The highest BCUT2D eigenvalue weighted by Gasteiger charge is 2.24. The highest BCUT2D eigenvalue weighted by atomic mass is 32.2. The second-order valence-electron chi connectivity index (χ2n) is 5.01. The van der Waals surface area contributed by atoms with Crippen LogP contribution in [-0.2, 0) is 16.6 Å². The standard InChI is InChI=1S/C16H14N4O2S2/c1-18-10-12-8-15(13-4-2-6-19-14(13)9-17)20(11-12)24(21,22)16-5-3-7-23-16/h2-8,11,18H,10H2,1H3. The summed E-state index contributed by atoms with van der Waals surface area (Å²) in [6, 6.07) is 10.4. The fourth-order valence-electron chi connectivity index (χ4n) is 2.40. The van der Waals surface area contributed by atoms with Crippen LogP contribution in [0.1, 0.15) is 11.3 Å². The molecule has 0 aliphatic carbocycles. The molecule has 0 atom stereocenters. The molecule has 0 radical (unpaired) electrons. The monoisotopic (exact) mass is 358 g/mol. The van der Waals surface area contributed by atoms with E-state index in [2.05, 4.69) is 10.3 Å². The molecular formula is C16H14N4O2S2. The summed E-state index contributed by atoms with van der Waals surface area (Å²) < 4.78 is 27.4. The van der Waals surface area contributed by atoms with Gasteiger partial charge in [-0.05, 0) is 42.3 Å². The molecule has 24 heavy (non-hydrogen) atoms. The van der Waals surface area contributed by atoms with Crippen molar-refractivity contribution >= 4 is 21.4 Å². The quantitative estimate of drug-likeness (QED) is 0.757. The van der Waals surface area contributed by atoms with Crippen molar-refractivity contribution in [3.8, 4) is 17.3 Å². The van der Waals surface area contributed by atoms with Gasteiger partial charge in [0.25, 0.3) is 10.0 Å². The summed E-state index contributed by atoms with van der Waals surface area (Å²) in [5.74, 6) is 0. The van der Waals surface area contributed by atoms with E-state index in [4.69, 9.17) is 0 Å². The van der Waals surface area contributed by atoms with Gasteiger partial charge in [-0.3, -0.25) is 0 Å². The Hall–Kier alpha value is -2.47. The Labute approximate surface area is 144 Å². The van der Waals surface area contributed by atoms with Crippen LogP contribution in [0.25, 0.3) is 11.3 Å². The topological polar surface area (TPSA) is 87.8 Å². The molecule has 6 nitrogen and oxygen atoms in total. The molecule has 0 unspecified atom stereocenters. The summed E-state index contributed by atoms with van der Waals surface area (Å²) in [6.45, 7) is 0.516. The Morgan fingerprint density at radius 1 is 1.38 bits per heavy atom. The van der Waals surface area contributed by atoms with Gasteiger partial charge >= 0.3 is 0 Å². The summed E-state index contributed by atoms with van der Waals surface area (Å²) in [4.78, 5) is 4.03. The molecule has 0 fully saturated rings. The molecule has 3 rings (SSSR count). The number of rotatable bonds is 5. The summed E-state index contributed by atoms with van der Waals surface area (Å²) in [5, 5.41) is 14.0. The number of nitrogens with zero attached hydrogens (tertiary/aromatic N) is 3. The first-order valence-corrected chi connectivity index (χ1v) is 9.40. The summed E-state index contributed by atoms with van der Waals surface area (Å²) >= 11 is 1.16. The van der Waals surface area contributed by atoms with Crippen LogP contribution in [0.5, 0.6) is 0 Å². The van der Waals surface area contributed by atoms with Gasteiger partial charge in [0.05, 0.1) is 5.69 Å². The van der Waals surface area contributed by atoms with E-state index in [1.807, 2.05) is 6.07 Å². The smallest absolute Gasteiger partial charge is 0.277 e. The van der Waals surface area contributed by atoms with E-state index in [1.54, 1.807) is 49.0 Å². The van der Waals surface area contributed by atoms with Crippen molar-refractivity contribution in [2.24, 2.45) is 0 Å². The van der Waals surface area contributed by atoms with Crippen LogP contribution in [0, 0.1) is 11.3 Å². The van der Waals surface area contributed by atoms with E-state index >= 15 is 0 Å². The Balaban J connectivity index is 2.25. The zero-order valence-electron chi connectivity index (χ0n) is 12.8. The number of nitrogens with one attached hydrogen (secondary N) is 1. The highest BCUT2D eigenvalue weighted by Crippen LogP contribution is 2.30. The van der Waals surface area contributed by atoms with Crippen LogP contribution in [-0.4, -0.2) is 24.4 Å². The van der Waals surface area contributed by atoms with E-state index in [0.717, 1.165) is 16.9 Å².